The Hall–Kier alpha value is -2.79. The number of ketones is 1. The van der Waals surface area contributed by atoms with Crippen molar-refractivity contribution in [1.82, 2.24) is 19.7 Å². The first kappa shape index (κ1) is 23.9. The summed E-state index contributed by atoms with van der Waals surface area (Å²) in [5, 5.41) is 6.57. The molecule has 0 aliphatic heterocycles. The van der Waals surface area contributed by atoms with Crippen LogP contribution in [-0.2, 0) is 13.2 Å². The van der Waals surface area contributed by atoms with Gasteiger partial charge in [-0.1, -0.05) is 18.5 Å². The maximum Gasteiger partial charge on any atom is 0.418 e. The fourth-order valence-electron chi connectivity index (χ4n) is 3.17. The van der Waals surface area contributed by atoms with Gasteiger partial charge in [0.05, 0.1) is 33.0 Å². The number of carbonyl (C=O) groups is 2. The third-order valence-electron chi connectivity index (χ3n) is 4.85. The maximum atomic E-state index is 13.0. The van der Waals surface area contributed by atoms with Crippen LogP contribution in [0.5, 0.6) is 0 Å². The summed E-state index contributed by atoms with van der Waals surface area (Å²) in [5.41, 5.74) is 0.897. The van der Waals surface area contributed by atoms with Crippen molar-refractivity contribution in [2.24, 2.45) is 7.05 Å². The summed E-state index contributed by atoms with van der Waals surface area (Å²) in [6.45, 7) is 5.40. The van der Waals surface area contributed by atoms with E-state index >= 15 is 0 Å². The molecule has 0 bridgehead atoms. The Morgan fingerprint density at radius 1 is 1.25 bits per heavy atom. The SMILES string of the molecule is Cc1nn(C)c(C)c1C(=O)C[C@H](C)c1ncc(C(=O)Nc2cc(C(F)(F)F)c(Cl)cn2)s1. The van der Waals surface area contributed by atoms with Crippen LogP contribution in [0.3, 0.4) is 0 Å². The van der Waals surface area contributed by atoms with Gasteiger partial charge in [-0.15, -0.1) is 11.3 Å². The van der Waals surface area contributed by atoms with Crippen molar-refractivity contribution in [1.29, 1.82) is 0 Å². The quantitative estimate of drug-likeness (QED) is 0.485. The monoisotopic (exact) mass is 485 g/mol. The van der Waals surface area contributed by atoms with E-state index in [1.54, 1.807) is 18.7 Å². The van der Waals surface area contributed by atoms with Crippen LogP contribution in [0.25, 0.3) is 0 Å². The van der Waals surface area contributed by atoms with Gasteiger partial charge < -0.3 is 5.32 Å². The van der Waals surface area contributed by atoms with Crippen molar-refractivity contribution in [3.63, 3.8) is 0 Å². The van der Waals surface area contributed by atoms with Crippen LogP contribution in [0, 0.1) is 13.8 Å². The molecule has 0 aliphatic rings. The summed E-state index contributed by atoms with van der Waals surface area (Å²) in [4.78, 5) is 33.3. The number of nitrogens with zero attached hydrogens (tertiary/aromatic N) is 4. The second-order valence-electron chi connectivity index (χ2n) is 7.26. The van der Waals surface area contributed by atoms with Crippen molar-refractivity contribution < 1.29 is 22.8 Å². The Balaban J connectivity index is 1.71. The van der Waals surface area contributed by atoms with Crippen LogP contribution in [0.4, 0.5) is 19.0 Å². The minimum atomic E-state index is -4.68. The van der Waals surface area contributed by atoms with Crippen LogP contribution in [0.15, 0.2) is 18.5 Å². The average Bonchev–Trinajstić information content (AvgIpc) is 3.27. The first-order valence-electron chi connectivity index (χ1n) is 9.41. The second-order valence-corrected chi connectivity index (χ2v) is 8.73. The Morgan fingerprint density at radius 3 is 2.53 bits per heavy atom. The minimum Gasteiger partial charge on any atom is -0.306 e. The van der Waals surface area contributed by atoms with E-state index in [1.807, 2.05) is 13.8 Å². The van der Waals surface area contributed by atoms with E-state index in [4.69, 9.17) is 11.6 Å². The number of alkyl halides is 3. The Labute approximate surface area is 190 Å². The zero-order valence-corrected chi connectivity index (χ0v) is 19.1. The van der Waals surface area contributed by atoms with Gasteiger partial charge in [-0.2, -0.15) is 18.3 Å². The summed E-state index contributed by atoms with van der Waals surface area (Å²) in [6, 6.07) is 0.669. The Bertz CT molecular complexity index is 1190. The fraction of sp³-hybridized carbons (Fsp3) is 0.350. The molecule has 1 N–H and O–H groups in total. The van der Waals surface area contributed by atoms with E-state index in [2.05, 4.69) is 20.4 Å². The average molecular weight is 486 g/mol. The number of aromatic nitrogens is 4. The molecule has 1 amide bonds. The molecule has 0 saturated heterocycles. The van der Waals surface area contributed by atoms with Crippen LogP contribution in [0.1, 0.15) is 61.3 Å². The fourth-order valence-corrected chi connectivity index (χ4v) is 4.24. The lowest BCUT2D eigenvalue weighted by Gasteiger charge is -2.10. The number of thiazole rings is 1. The third kappa shape index (κ3) is 4.99. The molecule has 7 nitrogen and oxygen atoms in total. The predicted molar refractivity (Wildman–Crippen MR) is 114 cm³/mol. The number of anilines is 1. The van der Waals surface area contributed by atoms with E-state index < -0.39 is 22.7 Å². The number of pyridine rings is 1. The Morgan fingerprint density at radius 2 is 1.94 bits per heavy atom. The first-order chi connectivity index (χ1) is 14.9. The molecular weight excluding hydrogens is 467 g/mol. The number of aryl methyl sites for hydroxylation is 2. The highest BCUT2D eigenvalue weighted by atomic mass is 35.5. The topological polar surface area (TPSA) is 89.8 Å². The second kappa shape index (κ2) is 8.99. The molecule has 0 saturated carbocycles. The zero-order chi connectivity index (χ0) is 23.8. The molecule has 0 fully saturated rings. The molecular formula is C20H19ClF3N5O2S. The standard InChI is InChI=1S/C20H19ClF3N5O2S/c1-9(5-14(30)17-10(2)28-29(4)11(17)3)19-26-8-15(32-19)18(31)27-16-6-12(20(22,23)24)13(21)7-25-16/h6-9H,5H2,1-4H3,(H,25,27,31)/t9-/m0/s1. The molecule has 0 spiro atoms. The van der Waals surface area contributed by atoms with E-state index in [1.165, 1.54) is 6.20 Å². The summed E-state index contributed by atoms with van der Waals surface area (Å²) in [7, 11) is 1.77. The highest BCUT2D eigenvalue weighted by molar-refractivity contribution is 7.13. The zero-order valence-electron chi connectivity index (χ0n) is 17.5. The van der Waals surface area contributed by atoms with Crippen LogP contribution in [0.2, 0.25) is 5.02 Å². The molecule has 32 heavy (non-hydrogen) atoms. The normalized spacial score (nSPS) is 12.6. The van der Waals surface area contributed by atoms with Gasteiger partial charge in [-0.3, -0.25) is 14.3 Å². The molecule has 3 rings (SSSR count). The van der Waals surface area contributed by atoms with Crippen molar-refractivity contribution in [3.05, 3.63) is 55.9 Å². The van der Waals surface area contributed by atoms with Crippen molar-refractivity contribution in [3.8, 4) is 0 Å². The van der Waals surface area contributed by atoms with Gasteiger partial charge in [-0.25, -0.2) is 9.97 Å². The largest absolute Gasteiger partial charge is 0.418 e. The van der Waals surface area contributed by atoms with Gasteiger partial charge in [-0.05, 0) is 19.9 Å². The lowest BCUT2D eigenvalue weighted by Crippen LogP contribution is -2.13. The molecule has 0 radical (unpaired) electrons. The molecule has 0 aliphatic carbocycles. The molecule has 0 aromatic carbocycles. The number of halogens is 4. The molecule has 170 valence electrons. The van der Waals surface area contributed by atoms with E-state index in [-0.39, 0.29) is 28.8 Å². The summed E-state index contributed by atoms with van der Waals surface area (Å²) >= 11 is 6.60. The molecule has 3 aromatic heterocycles. The molecule has 3 aromatic rings. The third-order valence-corrected chi connectivity index (χ3v) is 6.38. The van der Waals surface area contributed by atoms with Gasteiger partial charge >= 0.3 is 6.18 Å². The summed E-state index contributed by atoms with van der Waals surface area (Å²) in [6.07, 6.45) is -2.36. The lowest BCUT2D eigenvalue weighted by molar-refractivity contribution is -0.137. The predicted octanol–water partition coefficient (Wildman–Crippen LogP) is 5.19. The van der Waals surface area contributed by atoms with Crippen molar-refractivity contribution in [2.75, 3.05) is 5.32 Å². The number of amides is 1. The number of rotatable bonds is 6. The van der Waals surface area contributed by atoms with Gasteiger partial charge in [0.1, 0.15) is 10.7 Å². The van der Waals surface area contributed by atoms with Crippen LogP contribution in [-0.4, -0.2) is 31.4 Å². The molecule has 12 heteroatoms. The smallest absolute Gasteiger partial charge is 0.306 e. The minimum absolute atomic E-state index is 0.0770. The Kier molecular flexibility index (Phi) is 6.70. The van der Waals surface area contributed by atoms with Crippen LogP contribution >= 0.6 is 22.9 Å². The number of Topliss-reactive ketones (excluding diaryl/α,β-unsaturated/α-hetero) is 1. The van der Waals surface area contributed by atoms with Gasteiger partial charge in [0.15, 0.2) is 5.78 Å². The number of nitrogens with one attached hydrogen (secondary N) is 1. The van der Waals surface area contributed by atoms with Gasteiger partial charge in [0.25, 0.3) is 5.91 Å². The van der Waals surface area contributed by atoms with E-state index in [0.717, 1.165) is 23.2 Å². The number of hydrogen-bond donors (Lipinski definition) is 1. The molecule has 0 unspecified atom stereocenters. The highest BCUT2D eigenvalue weighted by Crippen LogP contribution is 2.35. The van der Waals surface area contributed by atoms with E-state index in [9.17, 15) is 22.8 Å². The van der Waals surface area contributed by atoms with E-state index in [0.29, 0.717) is 22.3 Å². The summed E-state index contributed by atoms with van der Waals surface area (Å²) < 4.78 is 40.6. The highest BCUT2D eigenvalue weighted by Gasteiger charge is 2.34. The van der Waals surface area contributed by atoms with Crippen molar-refractivity contribution in [2.45, 2.75) is 39.3 Å². The molecule has 1 atom stereocenters. The number of hydrogen-bond acceptors (Lipinski definition) is 6. The first-order valence-corrected chi connectivity index (χ1v) is 10.6. The summed E-state index contributed by atoms with van der Waals surface area (Å²) in [5.74, 6) is -1.29. The van der Waals surface area contributed by atoms with Gasteiger partial charge in [0, 0.05) is 31.3 Å². The maximum absolute atomic E-state index is 13.0. The van der Waals surface area contributed by atoms with Crippen molar-refractivity contribution >= 4 is 40.4 Å². The number of carbonyl (C=O) groups excluding carboxylic acids is 2. The molecule has 3 heterocycles. The van der Waals surface area contributed by atoms with Gasteiger partial charge in [0.2, 0.25) is 0 Å². The lowest BCUT2D eigenvalue weighted by atomic mass is 9.99. The van der Waals surface area contributed by atoms with Crippen LogP contribution < -0.4 is 5.32 Å².